The maximum Gasteiger partial charge on any atom is 0.433 e. The maximum atomic E-state index is 12.6. The molecule has 0 radical (unpaired) electrons. The van der Waals surface area contributed by atoms with Crippen LogP contribution in [0.5, 0.6) is 0 Å². The van der Waals surface area contributed by atoms with Crippen LogP contribution in [0.25, 0.3) is 10.2 Å². The summed E-state index contributed by atoms with van der Waals surface area (Å²) in [6.45, 7) is 2.30. The van der Waals surface area contributed by atoms with Gasteiger partial charge in [0.25, 0.3) is 5.91 Å². The Morgan fingerprint density at radius 2 is 2.10 bits per heavy atom. The highest BCUT2D eigenvalue weighted by molar-refractivity contribution is 7.20. The number of fused-ring (bicyclic) bond motifs is 1. The number of thiophene rings is 1. The third kappa shape index (κ3) is 3.63. The van der Waals surface area contributed by atoms with Crippen molar-refractivity contribution in [2.45, 2.75) is 13.1 Å². The van der Waals surface area contributed by atoms with Gasteiger partial charge in [0.2, 0.25) is 0 Å². The molecule has 0 aliphatic carbocycles. The Hall–Kier alpha value is -1.38. The summed E-state index contributed by atoms with van der Waals surface area (Å²) in [5.41, 5.74) is 4.95. The number of aromatic nitrogens is 1. The third-order valence-corrected chi connectivity index (χ3v) is 3.93. The first-order valence-electron chi connectivity index (χ1n) is 5.80. The fourth-order valence-corrected chi connectivity index (χ4v) is 2.84. The van der Waals surface area contributed by atoms with Crippen molar-refractivity contribution in [1.29, 1.82) is 0 Å². The summed E-state index contributed by atoms with van der Waals surface area (Å²) < 4.78 is 37.8. The van der Waals surface area contributed by atoms with E-state index in [0.717, 1.165) is 17.4 Å². The minimum absolute atomic E-state index is 0. The van der Waals surface area contributed by atoms with E-state index in [1.807, 2.05) is 0 Å². The molecule has 116 valence electrons. The van der Waals surface area contributed by atoms with E-state index < -0.39 is 11.9 Å². The number of hydrogen-bond donors (Lipinski definition) is 2. The Bertz CT molecular complexity index is 657. The number of halogens is 4. The second-order valence-corrected chi connectivity index (χ2v) is 5.15. The Morgan fingerprint density at radius 1 is 1.43 bits per heavy atom. The Kier molecular flexibility index (Phi) is 5.54. The number of nitrogens with zero attached hydrogens (tertiary/aromatic N) is 1. The summed E-state index contributed by atoms with van der Waals surface area (Å²) >= 11 is 0.949. The van der Waals surface area contributed by atoms with Crippen LogP contribution >= 0.6 is 23.7 Å². The number of nitrogens with two attached hydrogens (primary N) is 1. The first kappa shape index (κ1) is 17.7. The van der Waals surface area contributed by atoms with Gasteiger partial charge in [-0.05, 0) is 24.6 Å². The molecule has 2 aromatic heterocycles. The number of pyridine rings is 1. The van der Waals surface area contributed by atoms with Crippen LogP contribution in [0.2, 0.25) is 0 Å². The van der Waals surface area contributed by atoms with Gasteiger partial charge in [0.05, 0.1) is 4.88 Å². The van der Waals surface area contributed by atoms with E-state index in [9.17, 15) is 18.0 Å². The van der Waals surface area contributed by atoms with Gasteiger partial charge in [-0.25, -0.2) is 4.98 Å². The monoisotopic (exact) mass is 339 g/mol. The highest BCUT2D eigenvalue weighted by Gasteiger charge is 2.33. The lowest BCUT2D eigenvalue weighted by molar-refractivity contribution is -0.140. The molecule has 3 N–H and O–H groups in total. The van der Waals surface area contributed by atoms with Crippen molar-refractivity contribution in [1.82, 2.24) is 10.3 Å². The number of rotatable bonds is 3. The molecule has 0 aliphatic rings. The molecule has 0 fully saturated rings. The van der Waals surface area contributed by atoms with Crippen LogP contribution in [-0.4, -0.2) is 24.0 Å². The fourth-order valence-electron chi connectivity index (χ4n) is 1.74. The van der Waals surface area contributed by atoms with Crippen molar-refractivity contribution in [3.05, 3.63) is 28.3 Å². The van der Waals surface area contributed by atoms with Crippen molar-refractivity contribution in [2.75, 3.05) is 13.1 Å². The van der Waals surface area contributed by atoms with Crippen LogP contribution in [0.1, 0.15) is 20.9 Å². The molecule has 0 bridgehead atoms. The van der Waals surface area contributed by atoms with Gasteiger partial charge in [0.1, 0.15) is 10.5 Å². The van der Waals surface area contributed by atoms with Crippen LogP contribution in [0.4, 0.5) is 13.2 Å². The number of aryl methyl sites for hydroxylation is 1. The zero-order valence-corrected chi connectivity index (χ0v) is 12.6. The molecule has 0 aromatic carbocycles. The molecule has 2 heterocycles. The molecule has 0 atom stereocenters. The molecule has 0 unspecified atom stereocenters. The van der Waals surface area contributed by atoms with Gasteiger partial charge in [0, 0.05) is 18.5 Å². The normalized spacial score (nSPS) is 11.3. The third-order valence-electron chi connectivity index (χ3n) is 2.73. The van der Waals surface area contributed by atoms with E-state index in [2.05, 4.69) is 10.3 Å². The molecule has 4 nitrogen and oxygen atoms in total. The van der Waals surface area contributed by atoms with E-state index in [0.29, 0.717) is 28.9 Å². The minimum atomic E-state index is -4.49. The van der Waals surface area contributed by atoms with E-state index in [-0.39, 0.29) is 23.1 Å². The second kappa shape index (κ2) is 6.59. The molecule has 21 heavy (non-hydrogen) atoms. The van der Waals surface area contributed by atoms with Gasteiger partial charge >= 0.3 is 6.18 Å². The lowest BCUT2D eigenvalue weighted by Crippen LogP contribution is -2.28. The lowest BCUT2D eigenvalue weighted by Gasteiger charge is -2.04. The SMILES string of the molecule is Cc1c(C(=O)NCCN)sc2nc(C(F)(F)F)ccc12.Cl. The smallest absolute Gasteiger partial charge is 0.350 e. The summed E-state index contributed by atoms with van der Waals surface area (Å²) in [4.78, 5) is 16.0. The van der Waals surface area contributed by atoms with Crippen LogP contribution in [0, 0.1) is 6.92 Å². The van der Waals surface area contributed by atoms with Crippen LogP contribution in [0.3, 0.4) is 0 Å². The second-order valence-electron chi connectivity index (χ2n) is 4.15. The first-order valence-corrected chi connectivity index (χ1v) is 6.62. The molecule has 0 spiro atoms. The summed E-state index contributed by atoms with van der Waals surface area (Å²) in [6.07, 6.45) is -4.49. The van der Waals surface area contributed by atoms with E-state index >= 15 is 0 Å². The average molecular weight is 340 g/mol. The Balaban J connectivity index is 0.00000220. The van der Waals surface area contributed by atoms with Crippen molar-refractivity contribution in [3.8, 4) is 0 Å². The first-order chi connectivity index (χ1) is 9.34. The summed E-state index contributed by atoms with van der Waals surface area (Å²) in [5.74, 6) is -0.343. The van der Waals surface area contributed by atoms with Crippen LogP contribution < -0.4 is 11.1 Å². The summed E-state index contributed by atoms with van der Waals surface area (Å²) in [7, 11) is 0. The zero-order valence-electron chi connectivity index (χ0n) is 11.0. The number of nitrogens with one attached hydrogen (secondary N) is 1. The highest BCUT2D eigenvalue weighted by Crippen LogP contribution is 2.34. The predicted octanol–water partition coefficient (Wildman–Crippen LogP) is 2.73. The fraction of sp³-hybridized carbons (Fsp3) is 0.333. The molecular weight excluding hydrogens is 327 g/mol. The van der Waals surface area contributed by atoms with Crippen LogP contribution in [-0.2, 0) is 6.18 Å². The van der Waals surface area contributed by atoms with Crippen molar-refractivity contribution < 1.29 is 18.0 Å². The molecular formula is C12H13ClF3N3OS. The Morgan fingerprint density at radius 3 is 2.67 bits per heavy atom. The number of amides is 1. The van der Waals surface area contributed by atoms with Gasteiger partial charge in [0.15, 0.2) is 0 Å². The summed E-state index contributed by atoms with van der Waals surface area (Å²) in [6, 6.07) is 2.26. The highest BCUT2D eigenvalue weighted by atomic mass is 35.5. The molecule has 1 amide bonds. The van der Waals surface area contributed by atoms with Gasteiger partial charge < -0.3 is 11.1 Å². The number of carbonyl (C=O) groups is 1. The molecule has 0 saturated heterocycles. The maximum absolute atomic E-state index is 12.6. The van der Waals surface area contributed by atoms with Gasteiger partial charge in [-0.1, -0.05) is 0 Å². The van der Waals surface area contributed by atoms with Gasteiger partial charge in [-0.15, -0.1) is 23.7 Å². The van der Waals surface area contributed by atoms with E-state index in [4.69, 9.17) is 5.73 Å². The standard InChI is InChI=1S/C12H12F3N3OS.ClH/c1-6-7-2-3-8(12(13,14)15)18-11(7)20-9(6)10(19)17-5-4-16;/h2-3H,4-5,16H2,1H3,(H,17,19);1H. The summed E-state index contributed by atoms with van der Waals surface area (Å²) in [5, 5.41) is 3.15. The quantitative estimate of drug-likeness (QED) is 0.903. The lowest BCUT2D eigenvalue weighted by atomic mass is 10.2. The van der Waals surface area contributed by atoms with Crippen molar-refractivity contribution >= 4 is 39.9 Å². The number of alkyl halides is 3. The molecule has 0 saturated carbocycles. The van der Waals surface area contributed by atoms with Crippen molar-refractivity contribution in [2.24, 2.45) is 5.73 Å². The van der Waals surface area contributed by atoms with Crippen molar-refractivity contribution in [3.63, 3.8) is 0 Å². The molecule has 2 rings (SSSR count). The molecule has 2 aromatic rings. The zero-order chi connectivity index (χ0) is 14.9. The van der Waals surface area contributed by atoms with Crippen LogP contribution in [0.15, 0.2) is 12.1 Å². The average Bonchev–Trinajstić information content (AvgIpc) is 2.72. The number of hydrogen-bond acceptors (Lipinski definition) is 4. The minimum Gasteiger partial charge on any atom is -0.350 e. The molecule has 9 heteroatoms. The van der Waals surface area contributed by atoms with Gasteiger partial charge in [-0.2, -0.15) is 13.2 Å². The largest absolute Gasteiger partial charge is 0.433 e. The Labute approximate surface area is 128 Å². The predicted molar refractivity (Wildman–Crippen MR) is 78.0 cm³/mol. The molecule has 0 aliphatic heterocycles. The van der Waals surface area contributed by atoms with Gasteiger partial charge in [-0.3, -0.25) is 4.79 Å². The number of carbonyl (C=O) groups excluding carboxylic acids is 1. The topological polar surface area (TPSA) is 68.0 Å². The van der Waals surface area contributed by atoms with E-state index in [1.165, 1.54) is 6.07 Å². The van der Waals surface area contributed by atoms with E-state index in [1.54, 1.807) is 6.92 Å².